The van der Waals surface area contributed by atoms with Crippen LogP contribution in [-0.4, -0.2) is 40.1 Å². The van der Waals surface area contributed by atoms with Gasteiger partial charge in [-0.15, -0.1) is 10.2 Å². The molecule has 0 aliphatic heterocycles. The van der Waals surface area contributed by atoms with Gasteiger partial charge in [-0.25, -0.2) is 0 Å². The van der Waals surface area contributed by atoms with E-state index >= 15 is 0 Å². The number of aromatic nitrogens is 3. The number of hydrogen-bond acceptors (Lipinski definition) is 5. The Labute approximate surface area is 127 Å². The van der Waals surface area contributed by atoms with Gasteiger partial charge >= 0.3 is 0 Å². The number of rotatable bonds is 7. The van der Waals surface area contributed by atoms with E-state index in [9.17, 15) is 4.79 Å². The van der Waals surface area contributed by atoms with E-state index in [1.54, 1.807) is 13.4 Å². The van der Waals surface area contributed by atoms with Gasteiger partial charge < -0.3 is 14.6 Å². The molecule has 6 nitrogen and oxygen atoms in total. The minimum Gasteiger partial charge on any atom is -0.383 e. The summed E-state index contributed by atoms with van der Waals surface area (Å²) >= 11 is 1.36. The number of aryl methyl sites for hydroxylation is 1. The van der Waals surface area contributed by atoms with Gasteiger partial charge in [0.05, 0.1) is 12.4 Å². The largest absolute Gasteiger partial charge is 0.383 e. The molecule has 1 N–H and O–H groups in total. The van der Waals surface area contributed by atoms with Crippen LogP contribution >= 0.6 is 11.8 Å². The lowest BCUT2D eigenvalue weighted by molar-refractivity contribution is -0.113. The predicted molar refractivity (Wildman–Crippen MR) is 82.4 cm³/mol. The Kier molecular flexibility index (Phi) is 5.77. The first-order chi connectivity index (χ1) is 10.2. The number of methoxy groups -OCH3 is 1. The fraction of sp³-hybridized carbons (Fsp3) is 0.357. The first-order valence-corrected chi connectivity index (χ1v) is 7.53. The Bertz CT molecular complexity index is 600. The fourth-order valence-electron chi connectivity index (χ4n) is 1.75. The summed E-state index contributed by atoms with van der Waals surface area (Å²) in [6.07, 6.45) is 1.64. The van der Waals surface area contributed by atoms with E-state index < -0.39 is 0 Å². The number of ether oxygens (including phenoxy) is 1. The smallest absolute Gasteiger partial charge is 0.234 e. The Balaban J connectivity index is 1.85. The Morgan fingerprint density at radius 3 is 3.10 bits per heavy atom. The van der Waals surface area contributed by atoms with E-state index in [-0.39, 0.29) is 5.91 Å². The molecule has 1 aromatic heterocycles. The van der Waals surface area contributed by atoms with Crippen molar-refractivity contribution < 1.29 is 9.53 Å². The van der Waals surface area contributed by atoms with Crippen LogP contribution in [0.4, 0.5) is 5.69 Å². The molecule has 0 atom stereocenters. The van der Waals surface area contributed by atoms with Crippen LogP contribution in [0.5, 0.6) is 0 Å². The number of nitrogens with one attached hydrogen (secondary N) is 1. The molecule has 0 fully saturated rings. The van der Waals surface area contributed by atoms with Crippen LogP contribution in [0.25, 0.3) is 0 Å². The van der Waals surface area contributed by atoms with E-state index in [0.717, 1.165) is 11.3 Å². The highest BCUT2D eigenvalue weighted by atomic mass is 32.2. The minimum absolute atomic E-state index is 0.0631. The van der Waals surface area contributed by atoms with E-state index in [1.807, 2.05) is 35.8 Å². The molecule has 0 radical (unpaired) electrons. The van der Waals surface area contributed by atoms with E-state index in [1.165, 1.54) is 11.8 Å². The van der Waals surface area contributed by atoms with E-state index in [4.69, 9.17) is 4.74 Å². The van der Waals surface area contributed by atoms with Crippen molar-refractivity contribution in [2.24, 2.45) is 0 Å². The highest BCUT2D eigenvalue weighted by Crippen LogP contribution is 2.16. The van der Waals surface area contributed by atoms with Crippen molar-refractivity contribution in [2.45, 2.75) is 18.6 Å². The lowest BCUT2D eigenvalue weighted by Gasteiger charge is -2.07. The Morgan fingerprint density at radius 1 is 1.48 bits per heavy atom. The zero-order chi connectivity index (χ0) is 15.1. The van der Waals surface area contributed by atoms with Crippen LogP contribution in [-0.2, 0) is 16.1 Å². The average molecular weight is 306 g/mol. The van der Waals surface area contributed by atoms with Crippen molar-refractivity contribution in [3.8, 4) is 0 Å². The zero-order valence-corrected chi connectivity index (χ0v) is 12.9. The van der Waals surface area contributed by atoms with Crippen molar-refractivity contribution >= 4 is 23.4 Å². The number of hydrogen-bond donors (Lipinski definition) is 1. The van der Waals surface area contributed by atoms with Gasteiger partial charge in [0, 0.05) is 19.3 Å². The molecule has 7 heteroatoms. The molecule has 0 saturated carbocycles. The summed E-state index contributed by atoms with van der Waals surface area (Å²) in [5.41, 5.74) is 1.92. The van der Waals surface area contributed by atoms with Gasteiger partial charge in [-0.3, -0.25) is 4.79 Å². The lowest BCUT2D eigenvalue weighted by atomic mass is 10.2. The third kappa shape index (κ3) is 4.87. The normalized spacial score (nSPS) is 10.6. The molecule has 0 spiro atoms. The molecule has 0 aliphatic rings. The van der Waals surface area contributed by atoms with Gasteiger partial charge in [-0.05, 0) is 24.6 Å². The number of carbonyl (C=O) groups is 1. The van der Waals surface area contributed by atoms with Crippen LogP contribution in [0, 0.1) is 6.92 Å². The van der Waals surface area contributed by atoms with Gasteiger partial charge in [-0.1, -0.05) is 23.9 Å². The highest BCUT2D eigenvalue weighted by molar-refractivity contribution is 7.99. The standard InChI is InChI=1S/C14H18N4O2S/c1-11-4-3-5-12(8-11)16-13(19)9-21-14-17-15-10-18(14)6-7-20-2/h3-5,8,10H,6-7,9H2,1-2H3,(H,16,19). The fourth-order valence-corrected chi connectivity index (χ4v) is 2.49. The maximum Gasteiger partial charge on any atom is 0.234 e. The van der Waals surface area contributed by atoms with Crippen molar-refractivity contribution in [3.05, 3.63) is 36.2 Å². The summed E-state index contributed by atoms with van der Waals surface area (Å²) in [5, 5.41) is 11.4. The molecule has 0 aliphatic carbocycles. The molecule has 1 amide bonds. The molecule has 0 bridgehead atoms. The number of carbonyl (C=O) groups excluding carboxylic acids is 1. The number of amides is 1. The van der Waals surface area contributed by atoms with Crippen LogP contribution in [0.2, 0.25) is 0 Å². The molecule has 1 aromatic carbocycles. The SMILES string of the molecule is COCCn1cnnc1SCC(=O)Nc1cccc(C)c1. The van der Waals surface area contributed by atoms with Crippen LogP contribution in [0.3, 0.4) is 0 Å². The van der Waals surface area contributed by atoms with Gasteiger partial charge in [-0.2, -0.15) is 0 Å². The van der Waals surface area contributed by atoms with Crippen LogP contribution < -0.4 is 5.32 Å². The maximum atomic E-state index is 11.9. The van der Waals surface area contributed by atoms with Gasteiger partial charge in [0.2, 0.25) is 5.91 Å². The monoisotopic (exact) mass is 306 g/mol. The first-order valence-electron chi connectivity index (χ1n) is 6.55. The van der Waals surface area contributed by atoms with E-state index in [0.29, 0.717) is 24.1 Å². The summed E-state index contributed by atoms with van der Waals surface area (Å²) in [6, 6.07) is 7.71. The molecule has 112 valence electrons. The molecule has 21 heavy (non-hydrogen) atoms. The van der Waals surface area contributed by atoms with Gasteiger partial charge in [0.15, 0.2) is 5.16 Å². The number of anilines is 1. The number of thioether (sulfide) groups is 1. The molecule has 0 saturated heterocycles. The van der Waals surface area contributed by atoms with Crippen molar-refractivity contribution in [1.82, 2.24) is 14.8 Å². The third-order valence-corrected chi connectivity index (χ3v) is 3.73. The molecular weight excluding hydrogens is 288 g/mol. The second-order valence-electron chi connectivity index (χ2n) is 4.51. The highest BCUT2D eigenvalue weighted by Gasteiger charge is 2.09. The summed E-state index contributed by atoms with van der Waals surface area (Å²) in [7, 11) is 1.65. The lowest BCUT2D eigenvalue weighted by Crippen LogP contribution is -2.15. The van der Waals surface area contributed by atoms with Crippen molar-refractivity contribution in [2.75, 3.05) is 24.8 Å². The number of benzene rings is 1. The first kappa shape index (κ1) is 15.5. The summed E-state index contributed by atoms with van der Waals surface area (Å²) < 4.78 is 6.89. The Hall–Kier alpha value is -1.86. The quantitative estimate of drug-likeness (QED) is 0.792. The molecule has 1 heterocycles. The van der Waals surface area contributed by atoms with E-state index in [2.05, 4.69) is 15.5 Å². The predicted octanol–water partition coefficient (Wildman–Crippen LogP) is 1.96. The van der Waals surface area contributed by atoms with Crippen molar-refractivity contribution in [3.63, 3.8) is 0 Å². The van der Waals surface area contributed by atoms with Gasteiger partial charge in [0.1, 0.15) is 6.33 Å². The summed E-state index contributed by atoms with van der Waals surface area (Å²) in [6.45, 7) is 3.25. The molecular formula is C14H18N4O2S. The minimum atomic E-state index is -0.0631. The average Bonchev–Trinajstić information content (AvgIpc) is 2.90. The van der Waals surface area contributed by atoms with Crippen LogP contribution in [0.1, 0.15) is 5.56 Å². The second-order valence-corrected chi connectivity index (χ2v) is 5.45. The summed E-state index contributed by atoms with van der Waals surface area (Å²) in [5.74, 6) is 0.228. The third-order valence-electron chi connectivity index (χ3n) is 2.75. The molecule has 2 aromatic rings. The van der Waals surface area contributed by atoms with Crippen molar-refractivity contribution in [1.29, 1.82) is 0 Å². The summed E-state index contributed by atoms with van der Waals surface area (Å²) in [4.78, 5) is 11.9. The second kappa shape index (κ2) is 7.80. The van der Waals surface area contributed by atoms with Gasteiger partial charge in [0.25, 0.3) is 0 Å². The zero-order valence-electron chi connectivity index (χ0n) is 12.1. The topological polar surface area (TPSA) is 69.0 Å². The molecule has 0 unspecified atom stereocenters. The Morgan fingerprint density at radius 2 is 2.33 bits per heavy atom. The molecule has 2 rings (SSSR count). The van der Waals surface area contributed by atoms with Crippen LogP contribution in [0.15, 0.2) is 35.7 Å². The maximum absolute atomic E-state index is 11.9. The number of nitrogens with zero attached hydrogens (tertiary/aromatic N) is 3.